The normalized spacial score (nSPS) is 19.0. The van der Waals surface area contributed by atoms with Crippen LogP contribution in [0.4, 0.5) is 4.39 Å². The van der Waals surface area contributed by atoms with Crippen LogP contribution in [0.15, 0.2) is 48.5 Å². The van der Waals surface area contributed by atoms with Gasteiger partial charge in [0.1, 0.15) is 17.2 Å². The molecule has 0 saturated carbocycles. The third-order valence-corrected chi connectivity index (χ3v) is 6.54. The van der Waals surface area contributed by atoms with Crippen molar-refractivity contribution in [1.29, 1.82) is 0 Å². The van der Waals surface area contributed by atoms with Crippen LogP contribution in [0.5, 0.6) is 0 Å². The molecule has 0 spiro atoms. The maximum Gasteiger partial charge on any atom is 0.255 e. The van der Waals surface area contributed by atoms with E-state index in [1.54, 1.807) is 17.0 Å². The van der Waals surface area contributed by atoms with Crippen molar-refractivity contribution in [2.75, 3.05) is 12.3 Å². The van der Waals surface area contributed by atoms with E-state index in [0.717, 1.165) is 12.0 Å². The van der Waals surface area contributed by atoms with Gasteiger partial charge in [-0.05, 0) is 47.2 Å². The molecule has 0 bridgehead atoms. The third-order valence-electron chi connectivity index (χ3n) is 5.22. The Morgan fingerprint density at radius 2 is 1.87 bits per heavy atom. The summed E-state index contributed by atoms with van der Waals surface area (Å²) in [5.74, 6) is -0.258. The maximum atomic E-state index is 13.9. The summed E-state index contributed by atoms with van der Waals surface area (Å²) in [4.78, 5) is 27.9. The molecule has 1 N–H and O–H groups in total. The van der Waals surface area contributed by atoms with Gasteiger partial charge in [0, 0.05) is 17.9 Å². The first-order valence-electron chi connectivity index (χ1n) is 10.3. The zero-order valence-electron chi connectivity index (χ0n) is 17.9. The molecule has 0 aliphatic carbocycles. The summed E-state index contributed by atoms with van der Waals surface area (Å²) in [6, 6.07) is 13.2. The molecule has 6 heteroatoms. The van der Waals surface area contributed by atoms with Crippen LogP contribution in [0, 0.1) is 5.82 Å². The molecule has 2 aromatic carbocycles. The van der Waals surface area contributed by atoms with Crippen LogP contribution in [0.2, 0.25) is 0 Å². The van der Waals surface area contributed by atoms with E-state index in [1.165, 1.54) is 23.9 Å². The lowest BCUT2D eigenvalue weighted by Crippen LogP contribution is -2.48. The molecule has 160 valence electrons. The van der Waals surface area contributed by atoms with Crippen LogP contribution in [-0.4, -0.2) is 35.1 Å². The number of amides is 2. The molecule has 1 heterocycles. The van der Waals surface area contributed by atoms with Gasteiger partial charge in [0.2, 0.25) is 5.91 Å². The fourth-order valence-corrected chi connectivity index (χ4v) is 4.92. The van der Waals surface area contributed by atoms with Gasteiger partial charge in [-0.15, -0.1) is 11.8 Å². The number of hydrogen-bond donors (Lipinski definition) is 1. The molecule has 4 nitrogen and oxygen atoms in total. The Balaban J connectivity index is 1.94. The van der Waals surface area contributed by atoms with Crippen molar-refractivity contribution < 1.29 is 14.0 Å². The third kappa shape index (κ3) is 4.86. The Hall–Kier alpha value is -2.34. The number of carbonyl (C=O) groups excluding carboxylic acids is 2. The minimum atomic E-state index is -0.593. The highest BCUT2D eigenvalue weighted by Gasteiger charge is 2.42. The standard InChI is InChI=1S/C24H29FN2O2S/c1-5-13-26-21(28)20-15-30-23(17-7-6-8-19(25)14-17)27(20)22(29)16-9-11-18(12-10-16)24(2,3)4/h6-12,14,20,23H,5,13,15H2,1-4H3,(H,26,28). The molecule has 1 aliphatic heterocycles. The molecule has 30 heavy (non-hydrogen) atoms. The first kappa shape index (κ1) is 22.3. The van der Waals surface area contributed by atoms with Crippen molar-refractivity contribution in [2.45, 2.75) is 50.9 Å². The zero-order valence-corrected chi connectivity index (χ0v) is 18.8. The predicted octanol–water partition coefficient (Wildman–Crippen LogP) is 4.91. The van der Waals surface area contributed by atoms with Gasteiger partial charge in [-0.1, -0.05) is 52.0 Å². The van der Waals surface area contributed by atoms with Crippen molar-refractivity contribution in [3.05, 3.63) is 71.0 Å². The van der Waals surface area contributed by atoms with Crippen LogP contribution in [0.1, 0.15) is 61.0 Å². The number of benzene rings is 2. The van der Waals surface area contributed by atoms with E-state index in [4.69, 9.17) is 0 Å². The van der Waals surface area contributed by atoms with Gasteiger partial charge in [0.05, 0.1) is 0 Å². The van der Waals surface area contributed by atoms with E-state index in [1.807, 2.05) is 31.2 Å². The quantitative estimate of drug-likeness (QED) is 0.736. The monoisotopic (exact) mass is 428 g/mol. The minimum Gasteiger partial charge on any atom is -0.354 e. The fraction of sp³-hybridized carbons (Fsp3) is 0.417. The zero-order chi connectivity index (χ0) is 21.9. The Bertz CT molecular complexity index is 908. The molecule has 3 rings (SSSR count). The highest BCUT2D eigenvalue weighted by atomic mass is 32.2. The second-order valence-electron chi connectivity index (χ2n) is 8.59. The number of carbonyl (C=O) groups is 2. The van der Waals surface area contributed by atoms with Crippen LogP contribution in [0.25, 0.3) is 0 Å². The van der Waals surface area contributed by atoms with Gasteiger partial charge in [0.15, 0.2) is 0 Å². The van der Waals surface area contributed by atoms with E-state index < -0.39 is 11.4 Å². The molecule has 1 fully saturated rings. The number of nitrogens with zero attached hydrogens (tertiary/aromatic N) is 1. The Labute approximate surface area is 182 Å². The van der Waals surface area contributed by atoms with E-state index in [-0.39, 0.29) is 23.0 Å². The second kappa shape index (κ2) is 9.21. The summed E-state index contributed by atoms with van der Waals surface area (Å²) in [5, 5.41) is 2.49. The van der Waals surface area contributed by atoms with Gasteiger partial charge < -0.3 is 10.2 Å². The lowest BCUT2D eigenvalue weighted by Gasteiger charge is -2.29. The summed E-state index contributed by atoms with van der Waals surface area (Å²) in [6.07, 6.45) is 0.821. The molecule has 1 aliphatic rings. The van der Waals surface area contributed by atoms with Gasteiger partial charge in [0.25, 0.3) is 5.91 Å². The summed E-state index contributed by atoms with van der Waals surface area (Å²) in [7, 11) is 0. The Morgan fingerprint density at radius 1 is 1.17 bits per heavy atom. The fourth-order valence-electron chi connectivity index (χ4n) is 3.50. The van der Waals surface area contributed by atoms with E-state index >= 15 is 0 Å². The largest absolute Gasteiger partial charge is 0.354 e. The molecule has 2 unspecified atom stereocenters. The van der Waals surface area contributed by atoms with Gasteiger partial charge >= 0.3 is 0 Å². The summed E-state index contributed by atoms with van der Waals surface area (Å²) in [5.41, 5.74) is 2.33. The number of halogens is 1. The molecule has 0 aromatic heterocycles. The van der Waals surface area contributed by atoms with Crippen molar-refractivity contribution in [3.63, 3.8) is 0 Å². The lowest BCUT2D eigenvalue weighted by atomic mass is 9.86. The highest BCUT2D eigenvalue weighted by Crippen LogP contribution is 2.42. The average molecular weight is 429 g/mol. The summed E-state index contributed by atoms with van der Waals surface area (Å²) >= 11 is 1.49. The lowest BCUT2D eigenvalue weighted by molar-refractivity contribution is -0.124. The van der Waals surface area contributed by atoms with Crippen molar-refractivity contribution >= 4 is 23.6 Å². The van der Waals surface area contributed by atoms with E-state index in [2.05, 4.69) is 26.1 Å². The summed E-state index contributed by atoms with van der Waals surface area (Å²) < 4.78 is 13.9. The first-order chi connectivity index (χ1) is 14.2. The molecular weight excluding hydrogens is 399 g/mol. The molecule has 1 saturated heterocycles. The van der Waals surface area contributed by atoms with Crippen LogP contribution >= 0.6 is 11.8 Å². The van der Waals surface area contributed by atoms with Crippen LogP contribution in [-0.2, 0) is 10.2 Å². The minimum absolute atomic E-state index is 0.0161. The van der Waals surface area contributed by atoms with E-state index in [0.29, 0.717) is 23.4 Å². The Morgan fingerprint density at radius 3 is 2.47 bits per heavy atom. The number of rotatable bonds is 5. The van der Waals surface area contributed by atoms with Gasteiger partial charge in [-0.2, -0.15) is 0 Å². The van der Waals surface area contributed by atoms with E-state index in [9.17, 15) is 14.0 Å². The first-order valence-corrected chi connectivity index (χ1v) is 11.3. The van der Waals surface area contributed by atoms with Crippen molar-refractivity contribution in [2.24, 2.45) is 0 Å². The number of nitrogens with one attached hydrogen (secondary N) is 1. The SMILES string of the molecule is CCCNC(=O)C1CSC(c2cccc(F)c2)N1C(=O)c1ccc(C(C)(C)C)cc1. The average Bonchev–Trinajstić information content (AvgIpc) is 3.16. The maximum absolute atomic E-state index is 13.9. The smallest absolute Gasteiger partial charge is 0.255 e. The van der Waals surface area contributed by atoms with Crippen LogP contribution in [0.3, 0.4) is 0 Å². The Kier molecular flexibility index (Phi) is 6.86. The molecule has 2 aromatic rings. The number of thioether (sulfide) groups is 1. The predicted molar refractivity (Wildman–Crippen MR) is 120 cm³/mol. The second-order valence-corrected chi connectivity index (χ2v) is 9.70. The molecule has 2 atom stereocenters. The molecule has 0 radical (unpaired) electrons. The van der Waals surface area contributed by atoms with Crippen molar-refractivity contribution in [3.8, 4) is 0 Å². The van der Waals surface area contributed by atoms with Gasteiger partial charge in [-0.3, -0.25) is 9.59 Å². The summed E-state index contributed by atoms with van der Waals surface area (Å²) in [6.45, 7) is 8.91. The van der Waals surface area contributed by atoms with Gasteiger partial charge in [-0.25, -0.2) is 4.39 Å². The molecular formula is C24H29FN2O2S. The van der Waals surface area contributed by atoms with Crippen molar-refractivity contribution in [1.82, 2.24) is 10.2 Å². The number of hydrogen-bond acceptors (Lipinski definition) is 3. The topological polar surface area (TPSA) is 49.4 Å². The highest BCUT2D eigenvalue weighted by molar-refractivity contribution is 7.99. The molecule has 2 amide bonds. The van der Waals surface area contributed by atoms with Crippen LogP contribution < -0.4 is 5.32 Å².